The number of hydrogen-bond donors (Lipinski definition) is 5. The summed E-state index contributed by atoms with van der Waals surface area (Å²) in [6, 6.07) is 8.74. The lowest BCUT2D eigenvalue weighted by Gasteiger charge is -2.34. The predicted molar refractivity (Wildman–Crippen MR) is 135 cm³/mol. The summed E-state index contributed by atoms with van der Waals surface area (Å²) < 4.78 is 79.9. The highest BCUT2D eigenvalue weighted by molar-refractivity contribution is 6.08. The Morgan fingerprint density at radius 1 is 1.11 bits per heavy atom. The number of anilines is 1. The molecule has 38 heavy (non-hydrogen) atoms. The Morgan fingerprint density at radius 2 is 1.71 bits per heavy atom. The van der Waals surface area contributed by atoms with Crippen LogP contribution in [0.25, 0.3) is 11.3 Å². The Balaban J connectivity index is 2.11. The molecule has 0 amide bonds. The summed E-state index contributed by atoms with van der Waals surface area (Å²) in [5, 5.41) is 23.7. The molecule has 0 spiro atoms. The fraction of sp³-hybridized carbons (Fsp3) is 0.346. The second-order valence-electron chi connectivity index (χ2n) is 8.99. The molecule has 0 bridgehead atoms. The summed E-state index contributed by atoms with van der Waals surface area (Å²) in [4.78, 5) is 1.75. The summed E-state index contributed by atoms with van der Waals surface area (Å²) >= 11 is 0. The maximum Gasteiger partial charge on any atom is 0.430 e. The first kappa shape index (κ1) is 28.9. The van der Waals surface area contributed by atoms with Gasteiger partial charge in [-0.1, -0.05) is 24.3 Å². The van der Waals surface area contributed by atoms with Gasteiger partial charge < -0.3 is 31.8 Å². The molecule has 0 radical (unpaired) electrons. The van der Waals surface area contributed by atoms with E-state index >= 15 is 0 Å². The molecule has 0 fully saturated rings. The minimum absolute atomic E-state index is 0.344. The zero-order valence-corrected chi connectivity index (χ0v) is 20.9. The van der Waals surface area contributed by atoms with E-state index in [0.29, 0.717) is 47.8 Å². The third-order valence-corrected chi connectivity index (χ3v) is 6.56. The highest BCUT2D eigenvalue weighted by Crippen LogP contribution is 2.50. The van der Waals surface area contributed by atoms with Gasteiger partial charge >= 0.3 is 12.4 Å². The molecular formula is C26H29F6N5O. The SMILES string of the molecule is CN/C=C(\C=N)c1ccc2c(c1)C(N(C)c1ccc(C(O)(C(F)(F)F)C(F)(F)F)cc1)CCN/C2=C(/C)N. The molecule has 3 rings (SSSR count). The number of alkyl halides is 6. The minimum Gasteiger partial charge on any atom is -0.401 e. The number of hydrogen-bond acceptors (Lipinski definition) is 6. The van der Waals surface area contributed by atoms with Gasteiger partial charge in [-0.25, -0.2) is 0 Å². The average Bonchev–Trinajstić information content (AvgIpc) is 3.04. The van der Waals surface area contributed by atoms with Crippen LogP contribution in [0, 0.1) is 5.41 Å². The van der Waals surface area contributed by atoms with Gasteiger partial charge in [-0.05, 0) is 42.7 Å². The van der Waals surface area contributed by atoms with E-state index in [2.05, 4.69) is 10.6 Å². The summed E-state index contributed by atoms with van der Waals surface area (Å²) in [6.07, 6.45) is -8.54. The van der Waals surface area contributed by atoms with Crippen LogP contribution in [-0.4, -0.2) is 44.3 Å². The monoisotopic (exact) mass is 541 g/mol. The maximum absolute atomic E-state index is 13.3. The second kappa shape index (κ2) is 10.6. The highest BCUT2D eigenvalue weighted by Gasteiger charge is 2.71. The number of aliphatic hydroxyl groups is 1. The minimum atomic E-state index is -5.96. The van der Waals surface area contributed by atoms with Crippen LogP contribution in [0.15, 0.2) is 54.4 Å². The molecule has 1 atom stereocenters. The Hall–Kier alpha value is -3.67. The smallest absolute Gasteiger partial charge is 0.401 e. The van der Waals surface area contributed by atoms with Crippen molar-refractivity contribution in [3.8, 4) is 0 Å². The number of nitrogens with two attached hydrogens (primary N) is 1. The maximum atomic E-state index is 13.3. The fourth-order valence-electron chi connectivity index (χ4n) is 4.55. The second-order valence-corrected chi connectivity index (χ2v) is 8.99. The molecule has 0 saturated heterocycles. The van der Waals surface area contributed by atoms with Gasteiger partial charge in [0.1, 0.15) is 0 Å². The van der Waals surface area contributed by atoms with Gasteiger partial charge in [0.05, 0.1) is 11.7 Å². The van der Waals surface area contributed by atoms with Crippen LogP contribution in [0.5, 0.6) is 0 Å². The Kier molecular flexibility index (Phi) is 8.06. The Morgan fingerprint density at radius 3 is 2.21 bits per heavy atom. The molecule has 1 heterocycles. The van der Waals surface area contributed by atoms with Gasteiger partial charge in [-0.3, -0.25) is 0 Å². The van der Waals surface area contributed by atoms with Crippen molar-refractivity contribution in [3.05, 3.63) is 76.6 Å². The van der Waals surface area contributed by atoms with Gasteiger partial charge in [0.25, 0.3) is 5.60 Å². The lowest BCUT2D eigenvalue weighted by atomic mass is 9.90. The van der Waals surface area contributed by atoms with E-state index < -0.39 is 23.5 Å². The van der Waals surface area contributed by atoms with Crippen LogP contribution in [-0.2, 0) is 5.60 Å². The molecule has 206 valence electrons. The number of fused-ring (bicyclic) bond motifs is 1. The lowest BCUT2D eigenvalue weighted by molar-refractivity contribution is -0.376. The van der Waals surface area contributed by atoms with E-state index in [1.165, 1.54) is 6.21 Å². The van der Waals surface area contributed by atoms with Crippen molar-refractivity contribution in [1.29, 1.82) is 5.41 Å². The van der Waals surface area contributed by atoms with Crippen molar-refractivity contribution in [2.75, 3.05) is 25.5 Å². The van der Waals surface area contributed by atoms with Gasteiger partial charge in [0.15, 0.2) is 0 Å². The number of benzene rings is 2. The summed E-state index contributed by atoms with van der Waals surface area (Å²) in [6.45, 7) is 2.24. The van der Waals surface area contributed by atoms with Crippen LogP contribution in [0.1, 0.15) is 41.6 Å². The number of nitrogens with zero attached hydrogens (tertiary/aromatic N) is 1. The molecule has 0 aliphatic carbocycles. The van der Waals surface area contributed by atoms with E-state index in [9.17, 15) is 31.4 Å². The highest BCUT2D eigenvalue weighted by atomic mass is 19.4. The van der Waals surface area contributed by atoms with Crippen molar-refractivity contribution in [3.63, 3.8) is 0 Å². The molecule has 1 unspecified atom stereocenters. The number of nitrogens with one attached hydrogen (secondary N) is 3. The fourth-order valence-corrected chi connectivity index (χ4v) is 4.55. The Labute approximate surface area is 216 Å². The summed E-state index contributed by atoms with van der Waals surface area (Å²) in [5.41, 5.74) is 4.35. The normalized spacial score (nSPS) is 18.2. The van der Waals surface area contributed by atoms with Gasteiger partial charge in [-0.2, -0.15) is 26.3 Å². The van der Waals surface area contributed by atoms with Crippen LogP contribution >= 0.6 is 0 Å². The molecule has 0 saturated carbocycles. The van der Waals surface area contributed by atoms with Crippen LogP contribution in [0.4, 0.5) is 32.0 Å². The van der Waals surface area contributed by atoms with Crippen molar-refractivity contribution < 1.29 is 31.4 Å². The third-order valence-electron chi connectivity index (χ3n) is 6.56. The largest absolute Gasteiger partial charge is 0.430 e. The zero-order chi connectivity index (χ0) is 28.5. The number of rotatable bonds is 6. The predicted octanol–water partition coefficient (Wildman–Crippen LogP) is 5.03. The van der Waals surface area contributed by atoms with Crippen LogP contribution in [0.3, 0.4) is 0 Å². The van der Waals surface area contributed by atoms with Crippen molar-refractivity contribution in [1.82, 2.24) is 10.6 Å². The van der Waals surface area contributed by atoms with Crippen molar-refractivity contribution >= 4 is 23.2 Å². The Bertz CT molecular complexity index is 1220. The standard InChI is InChI=1S/C26H29F6N5O/c1-15(34)23-20-9-4-16(17(13-33)14-35-2)12-21(20)22(10-11-36-23)37(3)19-7-5-18(6-8-19)24(38,25(27,28)29)26(30,31)32/h4-9,12-14,22,33,35-36,38H,10-11,34H2,1-3H3/b17-14+,23-15-,33-13?. The summed E-state index contributed by atoms with van der Waals surface area (Å²) in [5.74, 6) is 0. The first-order chi connectivity index (χ1) is 17.7. The topological polar surface area (TPSA) is 97.4 Å². The molecule has 2 aromatic rings. The van der Waals surface area contributed by atoms with E-state index in [-0.39, 0.29) is 6.04 Å². The molecule has 6 nitrogen and oxygen atoms in total. The van der Waals surface area contributed by atoms with E-state index in [1.54, 1.807) is 32.1 Å². The molecule has 1 aliphatic heterocycles. The molecule has 0 aromatic heterocycles. The third kappa shape index (κ3) is 5.17. The number of halogens is 6. The zero-order valence-electron chi connectivity index (χ0n) is 20.9. The van der Waals surface area contributed by atoms with E-state index in [4.69, 9.17) is 11.1 Å². The summed E-state index contributed by atoms with van der Waals surface area (Å²) in [7, 11) is 3.38. The van der Waals surface area contributed by atoms with Gasteiger partial charge in [-0.15, -0.1) is 0 Å². The average molecular weight is 542 g/mol. The first-order valence-corrected chi connectivity index (χ1v) is 11.6. The van der Waals surface area contributed by atoms with Crippen molar-refractivity contribution in [2.24, 2.45) is 5.73 Å². The van der Waals surface area contributed by atoms with E-state index in [1.807, 2.05) is 18.2 Å². The first-order valence-electron chi connectivity index (χ1n) is 11.6. The molecular weight excluding hydrogens is 512 g/mol. The quantitative estimate of drug-likeness (QED) is 0.261. The van der Waals surface area contributed by atoms with Gasteiger partial charge in [0, 0.05) is 61.1 Å². The molecule has 6 N–H and O–H groups in total. The molecule has 12 heteroatoms. The van der Waals surface area contributed by atoms with Crippen LogP contribution in [0.2, 0.25) is 0 Å². The van der Waals surface area contributed by atoms with Crippen LogP contribution < -0.4 is 21.3 Å². The lowest BCUT2D eigenvalue weighted by Crippen LogP contribution is -2.53. The van der Waals surface area contributed by atoms with Crippen molar-refractivity contribution in [2.45, 2.75) is 37.3 Å². The van der Waals surface area contributed by atoms with E-state index in [0.717, 1.165) is 28.8 Å². The number of allylic oxidation sites excluding steroid dienone is 2. The molecule has 1 aliphatic rings. The molecule has 2 aromatic carbocycles. The van der Waals surface area contributed by atoms with Gasteiger partial charge in [0.2, 0.25) is 0 Å².